The van der Waals surface area contributed by atoms with Crippen molar-refractivity contribution >= 4 is 40.4 Å². The quantitative estimate of drug-likeness (QED) is 0.842. The van der Waals surface area contributed by atoms with Gasteiger partial charge in [0.1, 0.15) is 4.88 Å². The van der Waals surface area contributed by atoms with Crippen LogP contribution in [0.1, 0.15) is 28.9 Å². The van der Waals surface area contributed by atoms with Crippen LogP contribution in [0.2, 0.25) is 5.02 Å². The number of nitrogens with one attached hydrogen (secondary N) is 1. The van der Waals surface area contributed by atoms with E-state index in [0.29, 0.717) is 21.7 Å². The van der Waals surface area contributed by atoms with Gasteiger partial charge < -0.3 is 5.32 Å². The lowest BCUT2D eigenvalue weighted by Gasteiger charge is -2.18. The molecule has 5 heteroatoms. The second-order valence-electron chi connectivity index (χ2n) is 4.02. The summed E-state index contributed by atoms with van der Waals surface area (Å²) < 4.78 is 0. The van der Waals surface area contributed by atoms with Crippen molar-refractivity contribution in [3.63, 3.8) is 0 Å². The summed E-state index contributed by atoms with van der Waals surface area (Å²) in [6, 6.07) is 1.96. The van der Waals surface area contributed by atoms with Crippen LogP contribution < -0.4 is 5.32 Å². The Labute approximate surface area is 109 Å². The second-order valence-corrected chi connectivity index (χ2v) is 5.65. The van der Waals surface area contributed by atoms with Crippen LogP contribution in [0.5, 0.6) is 0 Å². The first-order valence-electron chi connectivity index (χ1n) is 5.32. The molecule has 88 valence electrons. The lowest BCUT2D eigenvalue weighted by atomic mass is 10.1. The van der Waals surface area contributed by atoms with Crippen molar-refractivity contribution in [2.24, 2.45) is 5.92 Å². The van der Waals surface area contributed by atoms with Crippen molar-refractivity contribution in [1.82, 2.24) is 5.32 Å². The fraction of sp³-hybridized carbons (Fsp3) is 0.545. The van der Waals surface area contributed by atoms with E-state index in [4.69, 9.17) is 23.2 Å². The molecule has 1 aliphatic rings. The van der Waals surface area contributed by atoms with E-state index in [2.05, 4.69) is 5.32 Å². The van der Waals surface area contributed by atoms with Crippen LogP contribution >= 0.6 is 34.5 Å². The molecule has 1 amide bonds. The summed E-state index contributed by atoms with van der Waals surface area (Å²) in [7, 11) is 0. The van der Waals surface area contributed by atoms with Gasteiger partial charge in [0.25, 0.3) is 5.91 Å². The fourth-order valence-corrected chi connectivity index (χ4v) is 3.51. The Bertz CT molecular complexity index is 380. The summed E-state index contributed by atoms with van der Waals surface area (Å²) >= 11 is 13.2. The molecule has 16 heavy (non-hydrogen) atoms. The van der Waals surface area contributed by atoms with Crippen LogP contribution in [0, 0.1) is 5.92 Å². The standard InChI is InChI=1S/C11H13Cl2NOS/c12-6-7-2-1-3-9(7)14-11(15)10-8(13)4-5-16-10/h4-5,7,9H,1-3,6H2,(H,14,15). The summed E-state index contributed by atoms with van der Waals surface area (Å²) in [5.41, 5.74) is 0. The van der Waals surface area contributed by atoms with Crippen molar-refractivity contribution in [2.45, 2.75) is 25.3 Å². The highest BCUT2D eigenvalue weighted by Crippen LogP contribution is 2.28. The minimum Gasteiger partial charge on any atom is -0.348 e. The van der Waals surface area contributed by atoms with Gasteiger partial charge >= 0.3 is 0 Å². The molecule has 1 saturated carbocycles. The number of hydrogen-bond acceptors (Lipinski definition) is 2. The maximum Gasteiger partial charge on any atom is 0.263 e. The first kappa shape index (κ1) is 12.2. The van der Waals surface area contributed by atoms with Crippen LogP contribution in [0.3, 0.4) is 0 Å². The molecule has 1 fully saturated rings. The number of amides is 1. The van der Waals surface area contributed by atoms with E-state index in [0.717, 1.165) is 19.3 Å². The Kier molecular flexibility index (Phi) is 4.11. The largest absolute Gasteiger partial charge is 0.348 e. The summed E-state index contributed by atoms with van der Waals surface area (Å²) in [5, 5.41) is 5.38. The molecule has 1 aliphatic carbocycles. The average Bonchev–Trinajstić information content (AvgIpc) is 2.86. The minimum atomic E-state index is -0.0676. The van der Waals surface area contributed by atoms with Crippen molar-refractivity contribution in [3.8, 4) is 0 Å². The minimum absolute atomic E-state index is 0.0676. The molecule has 1 aromatic heterocycles. The Hall–Kier alpha value is -0.250. The highest BCUT2D eigenvalue weighted by molar-refractivity contribution is 7.12. The number of halogens is 2. The zero-order chi connectivity index (χ0) is 11.5. The third-order valence-corrected chi connectivity index (χ3v) is 4.73. The normalized spacial score (nSPS) is 24.6. The van der Waals surface area contributed by atoms with Crippen LogP contribution in [-0.2, 0) is 0 Å². The maximum atomic E-state index is 11.9. The molecule has 0 aliphatic heterocycles. The molecule has 2 nitrogen and oxygen atoms in total. The molecular formula is C11H13Cl2NOS. The molecule has 1 N–H and O–H groups in total. The Balaban J connectivity index is 2.00. The van der Waals surface area contributed by atoms with Gasteiger partial charge in [-0.3, -0.25) is 4.79 Å². The van der Waals surface area contributed by atoms with Gasteiger partial charge in [-0.25, -0.2) is 0 Å². The number of carbonyl (C=O) groups is 1. The van der Waals surface area contributed by atoms with Gasteiger partial charge in [-0.2, -0.15) is 0 Å². The van der Waals surface area contributed by atoms with E-state index < -0.39 is 0 Å². The van der Waals surface area contributed by atoms with E-state index in [1.165, 1.54) is 11.3 Å². The maximum absolute atomic E-state index is 11.9. The van der Waals surface area contributed by atoms with E-state index in [1.807, 2.05) is 5.38 Å². The lowest BCUT2D eigenvalue weighted by molar-refractivity contribution is 0.0934. The third kappa shape index (κ3) is 2.53. The smallest absolute Gasteiger partial charge is 0.263 e. The highest BCUT2D eigenvalue weighted by atomic mass is 35.5. The van der Waals surface area contributed by atoms with E-state index in [9.17, 15) is 4.79 Å². The number of alkyl halides is 1. The van der Waals surface area contributed by atoms with Crippen molar-refractivity contribution < 1.29 is 4.79 Å². The highest BCUT2D eigenvalue weighted by Gasteiger charge is 2.28. The van der Waals surface area contributed by atoms with Crippen LogP contribution in [-0.4, -0.2) is 17.8 Å². The van der Waals surface area contributed by atoms with Gasteiger partial charge in [0.15, 0.2) is 0 Å². The number of thiophene rings is 1. The molecular weight excluding hydrogens is 265 g/mol. The van der Waals surface area contributed by atoms with Crippen molar-refractivity contribution in [3.05, 3.63) is 21.3 Å². The monoisotopic (exact) mass is 277 g/mol. The lowest BCUT2D eigenvalue weighted by Crippen LogP contribution is -2.37. The molecule has 2 atom stereocenters. The molecule has 0 bridgehead atoms. The Morgan fingerprint density at radius 1 is 1.56 bits per heavy atom. The van der Waals surface area contributed by atoms with E-state index in [1.54, 1.807) is 6.07 Å². The Morgan fingerprint density at radius 3 is 3.00 bits per heavy atom. The van der Waals surface area contributed by atoms with Crippen LogP contribution in [0.25, 0.3) is 0 Å². The summed E-state index contributed by atoms with van der Waals surface area (Å²) in [6.45, 7) is 0. The van der Waals surface area contributed by atoms with Gasteiger partial charge in [-0.15, -0.1) is 22.9 Å². The van der Waals surface area contributed by atoms with Gasteiger partial charge in [0.2, 0.25) is 0 Å². The summed E-state index contributed by atoms with van der Waals surface area (Å²) in [4.78, 5) is 12.5. The average molecular weight is 278 g/mol. The predicted molar refractivity (Wildman–Crippen MR) is 68.6 cm³/mol. The van der Waals surface area contributed by atoms with Gasteiger partial charge in [0.05, 0.1) is 5.02 Å². The fourth-order valence-electron chi connectivity index (χ4n) is 2.10. The van der Waals surface area contributed by atoms with E-state index >= 15 is 0 Å². The molecule has 1 heterocycles. The number of hydrogen-bond donors (Lipinski definition) is 1. The summed E-state index contributed by atoms with van der Waals surface area (Å²) in [5.74, 6) is 0.953. The number of rotatable bonds is 3. The third-order valence-electron chi connectivity index (χ3n) is 3.00. The zero-order valence-corrected chi connectivity index (χ0v) is 11.0. The summed E-state index contributed by atoms with van der Waals surface area (Å²) in [6.07, 6.45) is 3.26. The zero-order valence-electron chi connectivity index (χ0n) is 8.71. The number of carbonyl (C=O) groups excluding carboxylic acids is 1. The molecule has 0 radical (unpaired) electrons. The second kappa shape index (κ2) is 5.39. The Morgan fingerprint density at radius 2 is 2.38 bits per heavy atom. The molecule has 2 rings (SSSR count). The molecule has 2 unspecified atom stereocenters. The van der Waals surface area contributed by atoms with Crippen LogP contribution in [0.4, 0.5) is 0 Å². The molecule has 0 spiro atoms. The first-order valence-corrected chi connectivity index (χ1v) is 7.11. The van der Waals surface area contributed by atoms with Gasteiger partial charge in [0, 0.05) is 11.9 Å². The topological polar surface area (TPSA) is 29.1 Å². The van der Waals surface area contributed by atoms with Crippen molar-refractivity contribution in [2.75, 3.05) is 5.88 Å². The van der Waals surface area contributed by atoms with Crippen LogP contribution in [0.15, 0.2) is 11.4 Å². The van der Waals surface area contributed by atoms with Crippen molar-refractivity contribution in [1.29, 1.82) is 0 Å². The SMILES string of the molecule is O=C(NC1CCCC1CCl)c1sccc1Cl. The predicted octanol–water partition coefficient (Wildman–Crippen LogP) is 3.54. The first-order chi connectivity index (χ1) is 7.72. The van der Waals surface area contributed by atoms with Gasteiger partial charge in [-0.1, -0.05) is 18.0 Å². The molecule has 0 saturated heterocycles. The van der Waals surface area contributed by atoms with Gasteiger partial charge in [-0.05, 0) is 30.2 Å². The van der Waals surface area contributed by atoms with E-state index in [-0.39, 0.29) is 11.9 Å². The molecule has 1 aromatic rings. The molecule has 0 aromatic carbocycles.